The van der Waals surface area contributed by atoms with E-state index in [1.165, 1.54) is 6.07 Å². The molecule has 1 atom stereocenters. The van der Waals surface area contributed by atoms with Crippen molar-refractivity contribution in [2.24, 2.45) is 0 Å². The van der Waals surface area contributed by atoms with Gasteiger partial charge in [0.05, 0.1) is 17.5 Å². The van der Waals surface area contributed by atoms with Crippen LogP contribution in [0.5, 0.6) is 0 Å². The molecule has 148 valence electrons. The summed E-state index contributed by atoms with van der Waals surface area (Å²) >= 11 is 0. The fraction of sp³-hybridized carbons (Fsp3) is 0.316. The molecule has 1 aromatic carbocycles. The second kappa shape index (κ2) is 8.28. The molecule has 3 rings (SSSR count). The number of cyclic esters (lactones) is 1. The van der Waals surface area contributed by atoms with E-state index in [1.807, 2.05) is 0 Å². The fourth-order valence-corrected chi connectivity index (χ4v) is 2.81. The molecule has 0 fully saturated rings. The van der Waals surface area contributed by atoms with Crippen molar-refractivity contribution in [3.63, 3.8) is 0 Å². The molecule has 0 aliphatic carbocycles. The van der Waals surface area contributed by atoms with E-state index in [-0.39, 0.29) is 12.3 Å². The number of benzene rings is 1. The molecule has 0 spiro atoms. The lowest BCUT2D eigenvalue weighted by molar-refractivity contribution is -0.137. The van der Waals surface area contributed by atoms with E-state index in [0.29, 0.717) is 36.5 Å². The van der Waals surface area contributed by atoms with Crippen LogP contribution in [0.25, 0.3) is 0 Å². The zero-order valence-electron chi connectivity index (χ0n) is 14.8. The van der Waals surface area contributed by atoms with Gasteiger partial charge in [-0.15, -0.1) is 0 Å². The number of alkyl halides is 3. The largest absolute Gasteiger partial charge is 0.453 e. The van der Waals surface area contributed by atoms with Gasteiger partial charge >= 0.3 is 12.1 Å². The lowest BCUT2D eigenvalue weighted by Crippen LogP contribution is -2.27. The van der Waals surface area contributed by atoms with Crippen LogP contribution in [-0.2, 0) is 15.7 Å². The average Bonchev–Trinajstić information content (AvgIpc) is 2.97. The monoisotopic (exact) mass is 393 g/mol. The third-order valence-electron chi connectivity index (χ3n) is 4.22. The topological polar surface area (TPSA) is 80.3 Å². The number of nitrogens with one attached hydrogen (secondary N) is 2. The first-order chi connectivity index (χ1) is 13.3. The quantitative estimate of drug-likeness (QED) is 0.557. The van der Waals surface area contributed by atoms with Gasteiger partial charge in [-0.3, -0.25) is 4.79 Å². The zero-order chi connectivity index (χ0) is 20.1. The third-order valence-corrected chi connectivity index (χ3v) is 4.22. The first-order valence-corrected chi connectivity index (χ1v) is 8.68. The molecule has 6 nitrogen and oxygen atoms in total. The predicted octanol–water partition coefficient (Wildman–Crippen LogP) is 3.32. The van der Waals surface area contributed by atoms with Crippen molar-refractivity contribution in [3.05, 3.63) is 59.3 Å². The van der Waals surface area contributed by atoms with E-state index in [4.69, 9.17) is 4.74 Å². The average molecular weight is 393 g/mol. The van der Waals surface area contributed by atoms with Gasteiger partial charge in [0.15, 0.2) is 0 Å². The summed E-state index contributed by atoms with van der Waals surface area (Å²) in [5.74, 6) is -0.349. The van der Waals surface area contributed by atoms with Crippen LogP contribution in [0, 0.1) is 0 Å². The normalized spacial score (nSPS) is 15.7. The zero-order valence-corrected chi connectivity index (χ0v) is 14.8. The summed E-state index contributed by atoms with van der Waals surface area (Å²) in [4.78, 5) is 27.5. The lowest BCUT2D eigenvalue weighted by atomic mass is 10.0. The Hall–Kier alpha value is -3.10. The van der Waals surface area contributed by atoms with Crippen LogP contribution in [0.3, 0.4) is 0 Å². The SMILES string of the molecule is O=C(CC1OC(=O)c2ccccc21)NCCCNc1ccc(C(F)(F)F)cn1. The van der Waals surface area contributed by atoms with Crippen LogP contribution < -0.4 is 10.6 Å². The minimum atomic E-state index is -4.41. The first kappa shape index (κ1) is 19.7. The van der Waals surface area contributed by atoms with Crippen LogP contribution >= 0.6 is 0 Å². The van der Waals surface area contributed by atoms with Gasteiger partial charge in [-0.05, 0) is 24.6 Å². The molecule has 2 aromatic rings. The maximum absolute atomic E-state index is 12.5. The number of rotatable bonds is 7. The van der Waals surface area contributed by atoms with Crippen molar-refractivity contribution < 1.29 is 27.5 Å². The van der Waals surface area contributed by atoms with Crippen molar-refractivity contribution in [2.75, 3.05) is 18.4 Å². The molecular formula is C19H18F3N3O3. The number of amides is 1. The highest BCUT2D eigenvalue weighted by Crippen LogP contribution is 2.32. The number of hydrogen-bond acceptors (Lipinski definition) is 5. The highest BCUT2D eigenvalue weighted by atomic mass is 19.4. The van der Waals surface area contributed by atoms with Gasteiger partial charge in [0.25, 0.3) is 0 Å². The van der Waals surface area contributed by atoms with Crippen molar-refractivity contribution in [2.45, 2.75) is 25.1 Å². The minimum absolute atomic E-state index is 0.0383. The van der Waals surface area contributed by atoms with Crippen LogP contribution in [0.4, 0.5) is 19.0 Å². The molecule has 1 amide bonds. The van der Waals surface area contributed by atoms with Gasteiger partial charge in [-0.25, -0.2) is 9.78 Å². The first-order valence-electron chi connectivity index (χ1n) is 8.68. The summed E-state index contributed by atoms with van der Waals surface area (Å²) in [6.45, 7) is 0.800. The maximum Gasteiger partial charge on any atom is 0.417 e. The molecule has 1 aliphatic heterocycles. The summed E-state index contributed by atoms with van der Waals surface area (Å²) < 4.78 is 42.6. The number of fused-ring (bicyclic) bond motifs is 1. The molecule has 0 radical (unpaired) electrons. The van der Waals surface area contributed by atoms with Gasteiger partial charge < -0.3 is 15.4 Å². The van der Waals surface area contributed by atoms with Gasteiger partial charge in [0.2, 0.25) is 5.91 Å². The second-order valence-electron chi connectivity index (χ2n) is 6.25. The van der Waals surface area contributed by atoms with E-state index in [1.54, 1.807) is 24.3 Å². The Bertz CT molecular complexity index is 853. The van der Waals surface area contributed by atoms with Gasteiger partial charge in [-0.2, -0.15) is 13.2 Å². The summed E-state index contributed by atoms with van der Waals surface area (Å²) in [6, 6.07) is 9.16. The fourth-order valence-electron chi connectivity index (χ4n) is 2.81. The van der Waals surface area contributed by atoms with Crippen LogP contribution in [-0.4, -0.2) is 29.9 Å². The Labute approximate surface area is 159 Å². The molecule has 0 bridgehead atoms. The molecule has 0 saturated heterocycles. The Balaban J connectivity index is 1.37. The highest BCUT2D eigenvalue weighted by Gasteiger charge is 2.32. The molecule has 9 heteroatoms. The third kappa shape index (κ3) is 4.79. The molecule has 0 saturated carbocycles. The summed E-state index contributed by atoms with van der Waals surface area (Å²) in [6.07, 6.45) is -3.64. The summed E-state index contributed by atoms with van der Waals surface area (Å²) in [5, 5.41) is 5.62. The van der Waals surface area contributed by atoms with Crippen LogP contribution in [0.1, 0.15) is 40.4 Å². The smallest absolute Gasteiger partial charge is 0.417 e. The summed E-state index contributed by atoms with van der Waals surface area (Å²) in [7, 11) is 0. The van der Waals surface area contributed by atoms with Gasteiger partial charge in [-0.1, -0.05) is 18.2 Å². The van der Waals surface area contributed by atoms with Crippen molar-refractivity contribution in [1.29, 1.82) is 0 Å². The number of ether oxygens (including phenoxy) is 1. The number of aromatic nitrogens is 1. The van der Waals surface area contributed by atoms with E-state index in [0.717, 1.165) is 12.3 Å². The molecule has 1 aromatic heterocycles. The van der Waals surface area contributed by atoms with Gasteiger partial charge in [0.1, 0.15) is 11.9 Å². The van der Waals surface area contributed by atoms with Crippen molar-refractivity contribution in [3.8, 4) is 0 Å². The van der Waals surface area contributed by atoms with E-state index < -0.39 is 23.8 Å². The minimum Gasteiger partial charge on any atom is -0.453 e. The number of esters is 1. The Morgan fingerprint density at radius 1 is 1.14 bits per heavy atom. The molecule has 2 N–H and O–H groups in total. The number of nitrogens with zero attached hydrogens (tertiary/aromatic N) is 1. The molecule has 1 unspecified atom stereocenters. The van der Waals surface area contributed by atoms with E-state index in [9.17, 15) is 22.8 Å². The predicted molar refractivity (Wildman–Crippen MR) is 94.6 cm³/mol. The Kier molecular flexibility index (Phi) is 5.81. The van der Waals surface area contributed by atoms with Gasteiger partial charge in [0, 0.05) is 24.8 Å². The molecule has 1 aliphatic rings. The Morgan fingerprint density at radius 3 is 2.64 bits per heavy atom. The Morgan fingerprint density at radius 2 is 1.93 bits per heavy atom. The van der Waals surface area contributed by atoms with Crippen molar-refractivity contribution in [1.82, 2.24) is 10.3 Å². The second-order valence-corrected chi connectivity index (χ2v) is 6.25. The molecular weight excluding hydrogens is 375 g/mol. The standard InChI is InChI=1S/C19H18F3N3O3/c20-19(21,22)12-6-7-16(25-11-12)23-8-3-9-24-17(26)10-15-13-4-1-2-5-14(13)18(27)28-15/h1-2,4-7,11,15H,3,8-10H2,(H,23,25)(H,24,26). The van der Waals surface area contributed by atoms with Crippen LogP contribution in [0.15, 0.2) is 42.6 Å². The molecule has 2 heterocycles. The number of hydrogen-bond donors (Lipinski definition) is 2. The lowest BCUT2D eigenvalue weighted by Gasteiger charge is -2.11. The van der Waals surface area contributed by atoms with E-state index in [2.05, 4.69) is 15.6 Å². The maximum atomic E-state index is 12.5. The number of anilines is 1. The number of pyridine rings is 1. The van der Waals surface area contributed by atoms with E-state index >= 15 is 0 Å². The number of halogens is 3. The number of carbonyl (C=O) groups excluding carboxylic acids is 2. The molecule has 28 heavy (non-hydrogen) atoms. The number of carbonyl (C=O) groups is 2. The summed E-state index contributed by atoms with van der Waals surface area (Å²) in [5.41, 5.74) is 0.380. The van der Waals surface area contributed by atoms with Crippen molar-refractivity contribution >= 4 is 17.7 Å². The highest BCUT2D eigenvalue weighted by molar-refractivity contribution is 5.94. The van der Waals surface area contributed by atoms with Crippen LogP contribution in [0.2, 0.25) is 0 Å².